The summed E-state index contributed by atoms with van der Waals surface area (Å²) in [4.78, 5) is 25.3. The molecular weight excluding hydrogens is 272 g/mol. The van der Waals surface area contributed by atoms with Crippen LogP contribution in [-0.2, 0) is 9.59 Å². The van der Waals surface area contributed by atoms with E-state index in [9.17, 15) is 9.59 Å². The molecule has 5 heteroatoms. The van der Waals surface area contributed by atoms with E-state index in [1.165, 1.54) is 0 Å². The zero-order chi connectivity index (χ0) is 12.3. The minimum absolute atomic E-state index is 0.0189. The molecule has 1 rings (SSSR count). The molecule has 1 fully saturated rings. The Morgan fingerprint density at radius 2 is 2.19 bits per heavy atom. The van der Waals surface area contributed by atoms with Crippen LogP contribution in [0, 0.1) is 0 Å². The number of amides is 2. The van der Waals surface area contributed by atoms with Gasteiger partial charge in [0.2, 0.25) is 11.8 Å². The molecule has 90 valence electrons. The number of hydrogen-bond acceptors (Lipinski definition) is 2. The molecule has 0 aromatic carbocycles. The molecule has 1 heterocycles. The van der Waals surface area contributed by atoms with Gasteiger partial charge in [0.1, 0.15) is 12.1 Å². The van der Waals surface area contributed by atoms with E-state index in [0.29, 0.717) is 17.4 Å². The van der Waals surface area contributed by atoms with E-state index in [-0.39, 0.29) is 17.9 Å². The lowest BCUT2D eigenvalue weighted by Gasteiger charge is -2.37. The van der Waals surface area contributed by atoms with Crippen LogP contribution >= 0.6 is 15.9 Å². The highest BCUT2D eigenvalue weighted by Crippen LogP contribution is 2.16. The van der Waals surface area contributed by atoms with Crippen LogP contribution in [0.25, 0.3) is 0 Å². The summed E-state index contributed by atoms with van der Waals surface area (Å²) in [5.74, 6) is -0.110. The van der Waals surface area contributed by atoms with Gasteiger partial charge in [0, 0.05) is 4.48 Å². The van der Waals surface area contributed by atoms with Crippen molar-refractivity contribution in [3.05, 3.63) is 11.1 Å². The highest BCUT2D eigenvalue weighted by Gasteiger charge is 2.37. The van der Waals surface area contributed by atoms with E-state index in [0.717, 1.165) is 6.42 Å². The van der Waals surface area contributed by atoms with Gasteiger partial charge in [-0.1, -0.05) is 35.9 Å². The highest BCUT2D eigenvalue weighted by atomic mass is 79.9. The number of halogens is 1. The van der Waals surface area contributed by atoms with Gasteiger partial charge in [0.15, 0.2) is 0 Å². The Morgan fingerprint density at radius 3 is 2.69 bits per heavy atom. The number of carbonyl (C=O) groups excluding carboxylic acids is 2. The summed E-state index contributed by atoms with van der Waals surface area (Å²) in [6.07, 6.45) is 1.55. The van der Waals surface area contributed by atoms with Gasteiger partial charge >= 0.3 is 0 Å². The van der Waals surface area contributed by atoms with E-state index in [2.05, 4.69) is 27.8 Å². The van der Waals surface area contributed by atoms with E-state index < -0.39 is 6.04 Å². The first-order valence-electron chi connectivity index (χ1n) is 5.41. The highest BCUT2D eigenvalue weighted by molar-refractivity contribution is 9.11. The van der Waals surface area contributed by atoms with E-state index in [1.54, 1.807) is 11.8 Å². The largest absolute Gasteiger partial charge is 0.343 e. The van der Waals surface area contributed by atoms with Gasteiger partial charge in [-0.15, -0.1) is 0 Å². The van der Waals surface area contributed by atoms with Crippen molar-refractivity contribution in [1.82, 2.24) is 10.2 Å². The molecule has 0 spiro atoms. The van der Waals surface area contributed by atoms with Crippen LogP contribution in [0.4, 0.5) is 0 Å². The minimum Gasteiger partial charge on any atom is -0.343 e. The normalized spacial score (nSPS) is 25.6. The average molecular weight is 289 g/mol. The fraction of sp³-hybridized carbons (Fsp3) is 0.636. The van der Waals surface area contributed by atoms with Gasteiger partial charge in [-0.25, -0.2) is 0 Å². The second-order valence-electron chi connectivity index (χ2n) is 4.01. The van der Waals surface area contributed by atoms with E-state index >= 15 is 0 Å². The lowest BCUT2D eigenvalue weighted by atomic mass is 10.0. The van der Waals surface area contributed by atoms with Gasteiger partial charge < -0.3 is 10.2 Å². The standard InChI is InChI=1S/C11H17BrN2O2/c1-4-5-9-11(16)14(6-7(2)12)8(3)10(15)13-9/h8-9H,2,4-6H2,1,3H3,(H,13,15). The molecule has 16 heavy (non-hydrogen) atoms. The zero-order valence-electron chi connectivity index (χ0n) is 9.62. The van der Waals surface area contributed by atoms with Crippen LogP contribution in [0.15, 0.2) is 11.1 Å². The van der Waals surface area contributed by atoms with Gasteiger partial charge in [0.25, 0.3) is 0 Å². The number of rotatable bonds is 4. The third-order valence-corrected chi connectivity index (χ3v) is 2.91. The maximum Gasteiger partial charge on any atom is 0.246 e. The van der Waals surface area contributed by atoms with E-state index in [4.69, 9.17) is 0 Å². The van der Waals surface area contributed by atoms with Crippen molar-refractivity contribution in [1.29, 1.82) is 0 Å². The summed E-state index contributed by atoms with van der Waals surface area (Å²) < 4.78 is 0.706. The van der Waals surface area contributed by atoms with Gasteiger partial charge in [0.05, 0.1) is 6.54 Å². The molecule has 0 aliphatic carbocycles. The molecule has 1 N–H and O–H groups in total. The summed E-state index contributed by atoms with van der Waals surface area (Å²) >= 11 is 3.22. The summed E-state index contributed by atoms with van der Waals surface area (Å²) in [5.41, 5.74) is 0. The molecule has 2 amide bonds. The van der Waals surface area contributed by atoms with Gasteiger partial charge in [-0.3, -0.25) is 9.59 Å². The van der Waals surface area contributed by atoms with Crippen LogP contribution < -0.4 is 5.32 Å². The fourth-order valence-electron chi connectivity index (χ4n) is 1.77. The summed E-state index contributed by atoms with van der Waals surface area (Å²) in [7, 11) is 0. The molecule has 2 unspecified atom stereocenters. The molecular formula is C11H17BrN2O2. The van der Waals surface area contributed by atoms with Crippen LogP contribution in [0.5, 0.6) is 0 Å². The number of hydrogen-bond donors (Lipinski definition) is 1. The van der Waals surface area contributed by atoms with Crippen molar-refractivity contribution in [2.24, 2.45) is 0 Å². The molecule has 1 aliphatic heterocycles. The molecule has 0 aromatic rings. The SMILES string of the molecule is C=C(Br)CN1C(=O)C(CCC)NC(=O)C1C. The number of nitrogens with zero attached hydrogens (tertiary/aromatic N) is 1. The minimum atomic E-state index is -0.421. The predicted molar refractivity (Wildman–Crippen MR) is 66.1 cm³/mol. The van der Waals surface area contributed by atoms with Crippen molar-refractivity contribution in [3.63, 3.8) is 0 Å². The third-order valence-electron chi connectivity index (χ3n) is 2.66. The van der Waals surface area contributed by atoms with Crippen LogP contribution in [0.1, 0.15) is 26.7 Å². The maximum atomic E-state index is 12.1. The first-order chi connectivity index (χ1) is 7.47. The number of carbonyl (C=O) groups is 2. The first kappa shape index (κ1) is 13.2. The average Bonchev–Trinajstić information content (AvgIpc) is 2.21. The lowest BCUT2D eigenvalue weighted by molar-refractivity contribution is -0.148. The second-order valence-corrected chi connectivity index (χ2v) is 5.13. The van der Waals surface area contributed by atoms with Gasteiger partial charge in [-0.05, 0) is 13.3 Å². The second kappa shape index (κ2) is 5.48. The molecule has 0 bridgehead atoms. The lowest BCUT2D eigenvalue weighted by Crippen LogP contribution is -2.62. The molecule has 4 nitrogen and oxygen atoms in total. The molecule has 1 aliphatic rings. The Hall–Kier alpha value is -0.840. The molecule has 2 atom stereocenters. The van der Waals surface area contributed by atoms with Crippen molar-refractivity contribution >= 4 is 27.7 Å². The fourth-order valence-corrected chi connectivity index (χ4v) is 2.04. The van der Waals surface area contributed by atoms with Crippen LogP contribution in [-0.4, -0.2) is 35.3 Å². The van der Waals surface area contributed by atoms with Crippen molar-refractivity contribution in [2.75, 3.05) is 6.54 Å². The smallest absolute Gasteiger partial charge is 0.246 e. The third kappa shape index (κ3) is 2.84. The molecule has 0 saturated carbocycles. The number of piperazine rings is 1. The van der Waals surface area contributed by atoms with Crippen molar-refractivity contribution in [3.8, 4) is 0 Å². The zero-order valence-corrected chi connectivity index (χ0v) is 11.2. The quantitative estimate of drug-likeness (QED) is 0.850. The van der Waals surface area contributed by atoms with Gasteiger partial charge in [-0.2, -0.15) is 0 Å². The summed E-state index contributed by atoms with van der Waals surface area (Å²) in [6.45, 7) is 7.81. The Bertz CT molecular complexity index is 317. The monoisotopic (exact) mass is 288 g/mol. The molecule has 0 aromatic heterocycles. The van der Waals surface area contributed by atoms with E-state index in [1.807, 2.05) is 6.92 Å². The Kier molecular flexibility index (Phi) is 4.53. The maximum absolute atomic E-state index is 12.1. The van der Waals surface area contributed by atoms with Crippen LogP contribution in [0.2, 0.25) is 0 Å². The van der Waals surface area contributed by atoms with Crippen LogP contribution in [0.3, 0.4) is 0 Å². The molecule has 1 saturated heterocycles. The summed E-state index contributed by atoms with van der Waals surface area (Å²) in [5, 5.41) is 2.74. The first-order valence-corrected chi connectivity index (χ1v) is 6.20. The predicted octanol–water partition coefficient (Wildman–Crippen LogP) is 1.41. The summed E-state index contributed by atoms with van der Waals surface area (Å²) in [6, 6.07) is -0.796. The Morgan fingerprint density at radius 1 is 1.56 bits per heavy atom. The molecule has 0 radical (unpaired) electrons. The topological polar surface area (TPSA) is 49.4 Å². The van der Waals surface area contributed by atoms with Crippen molar-refractivity contribution < 1.29 is 9.59 Å². The number of nitrogens with one attached hydrogen (secondary N) is 1. The Labute approximate surface area is 104 Å². The Balaban J connectivity index is 2.81. The van der Waals surface area contributed by atoms with Crippen molar-refractivity contribution in [2.45, 2.75) is 38.8 Å².